The summed E-state index contributed by atoms with van der Waals surface area (Å²) < 4.78 is 0. The summed E-state index contributed by atoms with van der Waals surface area (Å²) in [6, 6.07) is 5.86. The minimum absolute atomic E-state index is 0. The summed E-state index contributed by atoms with van der Waals surface area (Å²) >= 11 is 12.0. The Balaban J connectivity index is 0.00000225. The van der Waals surface area contributed by atoms with E-state index in [1.54, 1.807) is 18.2 Å². The monoisotopic (exact) mass is 405 g/mol. The largest absolute Gasteiger partial charge is 0.323 e. The first-order valence-corrected chi connectivity index (χ1v) is 9.55. The van der Waals surface area contributed by atoms with Crippen LogP contribution in [0.2, 0.25) is 10.0 Å². The van der Waals surface area contributed by atoms with Crippen molar-refractivity contribution in [3.8, 4) is 0 Å². The predicted molar refractivity (Wildman–Crippen MR) is 107 cm³/mol. The Kier molecular flexibility index (Phi) is 7.68. The van der Waals surface area contributed by atoms with Crippen molar-refractivity contribution in [2.24, 2.45) is 0 Å². The van der Waals surface area contributed by atoms with Crippen LogP contribution in [-0.4, -0.2) is 48.1 Å². The topological polar surface area (TPSA) is 35.6 Å². The number of carbonyl (C=O) groups excluding carboxylic acids is 1. The van der Waals surface area contributed by atoms with E-state index in [9.17, 15) is 4.79 Å². The van der Waals surface area contributed by atoms with Crippen molar-refractivity contribution in [3.05, 3.63) is 28.2 Å². The molecule has 1 aromatic rings. The minimum Gasteiger partial charge on any atom is -0.323 e. The molecule has 1 unspecified atom stereocenters. The zero-order valence-electron chi connectivity index (χ0n) is 14.5. The maximum absolute atomic E-state index is 12.7. The number of amides is 2. The number of halogens is 3. The Hall–Kier alpha value is -0.680. The van der Waals surface area contributed by atoms with Crippen molar-refractivity contribution in [3.63, 3.8) is 0 Å². The Labute approximate surface area is 166 Å². The van der Waals surface area contributed by atoms with Crippen LogP contribution in [0.1, 0.15) is 38.5 Å². The summed E-state index contributed by atoms with van der Waals surface area (Å²) in [7, 11) is 1.91. The summed E-state index contributed by atoms with van der Waals surface area (Å²) in [6.07, 6.45) is 7.28. The van der Waals surface area contributed by atoms with Gasteiger partial charge in [-0.25, -0.2) is 4.79 Å². The molecule has 0 aromatic heterocycles. The van der Waals surface area contributed by atoms with Crippen LogP contribution >= 0.6 is 35.6 Å². The van der Waals surface area contributed by atoms with E-state index >= 15 is 0 Å². The van der Waals surface area contributed by atoms with Crippen LogP contribution in [0.15, 0.2) is 18.2 Å². The second kappa shape index (κ2) is 9.31. The lowest BCUT2D eigenvalue weighted by molar-refractivity contribution is 0.0949. The molecule has 0 spiro atoms. The van der Waals surface area contributed by atoms with Gasteiger partial charge in [0, 0.05) is 24.8 Å². The number of nitrogens with one attached hydrogen (secondary N) is 1. The van der Waals surface area contributed by atoms with Crippen LogP contribution in [0.3, 0.4) is 0 Å². The van der Waals surface area contributed by atoms with Gasteiger partial charge in [0.25, 0.3) is 0 Å². The van der Waals surface area contributed by atoms with Crippen LogP contribution < -0.4 is 5.32 Å². The van der Waals surface area contributed by atoms with E-state index in [0.717, 1.165) is 6.42 Å². The van der Waals surface area contributed by atoms with Gasteiger partial charge in [0.15, 0.2) is 0 Å². The van der Waals surface area contributed by atoms with Gasteiger partial charge in [-0.15, -0.1) is 12.4 Å². The number of anilines is 1. The van der Waals surface area contributed by atoms with Crippen molar-refractivity contribution < 1.29 is 4.79 Å². The van der Waals surface area contributed by atoms with Crippen LogP contribution in [0, 0.1) is 0 Å². The van der Waals surface area contributed by atoms with Crippen molar-refractivity contribution in [2.45, 2.75) is 50.6 Å². The fourth-order valence-corrected chi connectivity index (χ4v) is 4.28. The highest BCUT2D eigenvalue weighted by Gasteiger charge is 2.35. The van der Waals surface area contributed by atoms with Gasteiger partial charge >= 0.3 is 6.03 Å². The highest BCUT2D eigenvalue weighted by molar-refractivity contribution is 6.42. The van der Waals surface area contributed by atoms with Crippen LogP contribution in [0.5, 0.6) is 0 Å². The molecule has 1 saturated heterocycles. The van der Waals surface area contributed by atoms with Gasteiger partial charge in [-0.2, -0.15) is 0 Å². The molecule has 0 radical (unpaired) electrons. The molecule has 1 N–H and O–H groups in total. The molecule has 3 rings (SSSR count). The second-order valence-electron chi connectivity index (χ2n) is 6.83. The average molecular weight is 407 g/mol. The maximum Gasteiger partial charge on any atom is 0.321 e. The maximum atomic E-state index is 12.7. The molecular weight excluding hydrogens is 381 g/mol. The van der Waals surface area contributed by atoms with E-state index in [1.165, 1.54) is 45.2 Å². The van der Waals surface area contributed by atoms with Gasteiger partial charge in [0.2, 0.25) is 0 Å². The fraction of sp³-hybridized carbons (Fsp3) is 0.611. The van der Waals surface area contributed by atoms with Gasteiger partial charge in [-0.1, -0.05) is 36.0 Å². The molecule has 4 nitrogen and oxygen atoms in total. The number of hydrogen-bond donors (Lipinski definition) is 1. The lowest BCUT2D eigenvalue weighted by Gasteiger charge is -2.42. The zero-order chi connectivity index (χ0) is 17.1. The molecule has 1 heterocycles. The van der Waals surface area contributed by atoms with E-state index in [2.05, 4.69) is 10.2 Å². The lowest BCUT2D eigenvalue weighted by Crippen LogP contribution is -2.54. The molecule has 7 heteroatoms. The third kappa shape index (κ3) is 4.94. The Morgan fingerprint density at radius 2 is 1.80 bits per heavy atom. The predicted octanol–water partition coefficient (Wildman–Crippen LogP) is 5.29. The first-order chi connectivity index (χ1) is 11.6. The standard InChI is InChI=1S/C18H25Cl2N3O.ClH/c1-22(18(24)21-13-8-9-14(19)15(20)12-13)16-6-2-3-7-17(16)23-10-4-5-11-23;/h8-9,12,16-17H,2-7,10-11H2,1H3,(H,21,24);1H/t16?,17-;/m0./s1. The molecule has 0 bridgehead atoms. The first-order valence-electron chi connectivity index (χ1n) is 8.79. The van der Waals surface area contributed by atoms with Gasteiger partial charge < -0.3 is 10.2 Å². The van der Waals surface area contributed by atoms with E-state index in [-0.39, 0.29) is 24.5 Å². The number of benzene rings is 1. The van der Waals surface area contributed by atoms with Crippen LogP contribution in [0.4, 0.5) is 10.5 Å². The molecule has 2 aliphatic rings. The third-order valence-corrected chi connectivity index (χ3v) is 6.03. The van der Waals surface area contributed by atoms with Crippen LogP contribution in [-0.2, 0) is 0 Å². The number of urea groups is 1. The molecule has 1 aromatic carbocycles. The zero-order valence-corrected chi connectivity index (χ0v) is 16.8. The third-order valence-electron chi connectivity index (χ3n) is 5.29. The Morgan fingerprint density at radius 3 is 2.48 bits per heavy atom. The van der Waals surface area contributed by atoms with E-state index in [0.29, 0.717) is 21.8 Å². The summed E-state index contributed by atoms with van der Waals surface area (Å²) in [5.41, 5.74) is 0.676. The van der Waals surface area contributed by atoms with Gasteiger partial charge in [-0.3, -0.25) is 4.90 Å². The molecule has 2 fully saturated rings. The summed E-state index contributed by atoms with van der Waals surface area (Å²) in [4.78, 5) is 17.1. The number of likely N-dealkylation sites (N-methyl/N-ethyl adjacent to an activating group) is 1. The lowest BCUT2D eigenvalue weighted by atomic mass is 9.88. The fourth-order valence-electron chi connectivity index (χ4n) is 3.98. The summed E-state index contributed by atoms with van der Waals surface area (Å²) in [5.74, 6) is 0. The summed E-state index contributed by atoms with van der Waals surface area (Å²) in [5, 5.41) is 3.88. The molecule has 1 aliphatic heterocycles. The SMILES string of the molecule is CN(C(=O)Nc1ccc(Cl)c(Cl)c1)C1CCCC[C@@H]1N1CCCC1.Cl. The van der Waals surface area contributed by atoms with Gasteiger partial charge in [0.05, 0.1) is 10.0 Å². The molecule has 2 amide bonds. The van der Waals surface area contributed by atoms with Crippen molar-refractivity contribution in [1.29, 1.82) is 0 Å². The van der Waals surface area contributed by atoms with Crippen molar-refractivity contribution >= 4 is 47.3 Å². The van der Waals surface area contributed by atoms with E-state index in [4.69, 9.17) is 23.2 Å². The molecule has 1 aliphatic carbocycles. The molecular formula is C18H26Cl3N3O. The van der Waals surface area contributed by atoms with E-state index < -0.39 is 0 Å². The summed E-state index contributed by atoms with van der Waals surface area (Å²) in [6.45, 7) is 2.34. The highest BCUT2D eigenvalue weighted by Crippen LogP contribution is 2.30. The van der Waals surface area contributed by atoms with Gasteiger partial charge in [0.1, 0.15) is 0 Å². The number of rotatable bonds is 3. The molecule has 25 heavy (non-hydrogen) atoms. The van der Waals surface area contributed by atoms with Crippen molar-refractivity contribution in [2.75, 3.05) is 25.5 Å². The molecule has 140 valence electrons. The number of nitrogens with zero attached hydrogens (tertiary/aromatic N) is 2. The average Bonchev–Trinajstić information content (AvgIpc) is 3.12. The second-order valence-corrected chi connectivity index (χ2v) is 7.65. The van der Waals surface area contributed by atoms with Crippen LogP contribution in [0.25, 0.3) is 0 Å². The Morgan fingerprint density at radius 1 is 1.12 bits per heavy atom. The minimum atomic E-state index is -0.0792. The Bertz CT molecular complexity index is 593. The molecule has 1 saturated carbocycles. The first kappa shape index (κ1) is 20.6. The van der Waals surface area contributed by atoms with Gasteiger partial charge in [-0.05, 0) is 57.0 Å². The number of likely N-dealkylation sites (tertiary alicyclic amines) is 1. The normalized spacial score (nSPS) is 23.8. The highest BCUT2D eigenvalue weighted by atomic mass is 35.5. The van der Waals surface area contributed by atoms with E-state index in [1.807, 2.05) is 11.9 Å². The van der Waals surface area contributed by atoms with Crippen molar-refractivity contribution in [1.82, 2.24) is 9.80 Å². The molecule has 2 atom stereocenters. The smallest absolute Gasteiger partial charge is 0.321 e. The number of carbonyl (C=O) groups is 1. The quantitative estimate of drug-likeness (QED) is 0.740. The number of hydrogen-bond acceptors (Lipinski definition) is 2.